The fourth-order valence-corrected chi connectivity index (χ4v) is 1.71. The van der Waals surface area contributed by atoms with E-state index in [4.69, 9.17) is 10.5 Å². The minimum absolute atomic E-state index is 0.268. The number of nitrogens with two attached hydrogens (primary N) is 1. The van der Waals surface area contributed by atoms with Gasteiger partial charge in [0, 0.05) is 6.42 Å². The Morgan fingerprint density at radius 2 is 2.43 bits per heavy atom. The molecule has 0 atom stereocenters. The van der Waals surface area contributed by atoms with E-state index in [0.29, 0.717) is 24.4 Å². The molecule has 0 saturated heterocycles. The van der Waals surface area contributed by atoms with Gasteiger partial charge in [-0.25, -0.2) is 9.78 Å². The number of anilines is 1. The molecule has 14 heavy (non-hydrogen) atoms. The summed E-state index contributed by atoms with van der Waals surface area (Å²) in [7, 11) is 0. The first-order chi connectivity index (χ1) is 6.72. The smallest absolute Gasteiger partial charge is 0.340 e. The lowest BCUT2D eigenvalue weighted by Crippen LogP contribution is -2.21. The average Bonchev–Trinajstić information content (AvgIpc) is 2.16. The molecular formula is C10H12N2O2. The first-order valence-electron chi connectivity index (χ1n) is 4.67. The Labute approximate surface area is 82.1 Å². The lowest BCUT2D eigenvalue weighted by molar-refractivity contribution is 0.0478. The van der Waals surface area contributed by atoms with Crippen molar-refractivity contribution in [2.45, 2.75) is 19.8 Å². The van der Waals surface area contributed by atoms with Crippen LogP contribution in [0.4, 0.5) is 5.82 Å². The monoisotopic (exact) mass is 192 g/mol. The SMILES string of the molecule is CCc1nc(N)cc2c1C(=O)OCC2. The van der Waals surface area contributed by atoms with Crippen LogP contribution in [0.2, 0.25) is 0 Å². The fraction of sp³-hybridized carbons (Fsp3) is 0.400. The van der Waals surface area contributed by atoms with Gasteiger partial charge in [-0.3, -0.25) is 0 Å². The molecule has 0 aromatic carbocycles. The number of carbonyl (C=O) groups excluding carboxylic acids is 1. The van der Waals surface area contributed by atoms with Crippen molar-refractivity contribution >= 4 is 11.8 Å². The predicted molar refractivity (Wildman–Crippen MR) is 52.0 cm³/mol. The van der Waals surface area contributed by atoms with Gasteiger partial charge in [0.05, 0.1) is 17.9 Å². The molecule has 1 aliphatic rings. The van der Waals surface area contributed by atoms with E-state index in [1.54, 1.807) is 6.07 Å². The quantitative estimate of drug-likeness (QED) is 0.672. The number of nitrogens with zero attached hydrogens (tertiary/aromatic N) is 1. The molecule has 1 aliphatic heterocycles. The van der Waals surface area contributed by atoms with Gasteiger partial charge in [-0.2, -0.15) is 0 Å². The van der Waals surface area contributed by atoms with Crippen LogP contribution in [0.1, 0.15) is 28.5 Å². The second kappa shape index (κ2) is 3.29. The summed E-state index contributed by atoms with van der Waals surface area (Å²) in [6.45, 7) is 2.39. The summed E-state index contributed by atoms with van der Waals surface area (Å²) in [5.41, 5.74) is 7.96. The number of carbonyl (C=O) groups is 1. The lowest BCUT2D eigenvalue weighted by atomic mass is 10.0. The van der Waals surface area contributed by atoms with E-state index in [9.17, 15) is 4.79 Å². The molecule has 0 bridgehead atoms. The normalized spacial score (nSPS) is 14.8. The number of rotatable bonds is 1. The standard InChI is InChI=1S/C10H12N2O2/c1-2-7-9-6(5-8(11)12-7)3-4-14-10(9)13/h5H,2-4H2,1H3,(H2,11,12). The molecule has 0 aliphatic carbocycles. The van der Waals surface area contributed by atoms with E-state index in [2.05, 4.69) is 4.98 Å². The highest BCUT2D eigenvalue weighted by molar-refractivity contribution is 5.93. The Morgan fingerprint density at radius 3 is 3.14 bits per heavy atom. The first-order valence-corrected chi connectivity index (χ1v) is 4.67. The maximum absolute atomic E-state index is 11.5. The highest BCUT2D eigenvalue weighted by Gasteiger charge is 2.22. The lowest BCUT2D eigenvalue weighted by Gasteiger charge is -2.18. The van der Waals surface area contributed by atoms with Gasteiger partial charge in [0.25, 0.3) is 0 Å². The van der Waals surface area contributed by atoms with Crippen LogP contribution in [-0.2, 0) is 17.6 Å². The predicted octanol–water partition coefficient (Wildman–Crippen LogP) is 0.939. The topological polar surface area (TPSA) is 65.2 Å². The Balaban J connectivity index is 2.61. The van der Waals surface area contributed by atoms with Crippen LogP contribution in [0.25, 0.3) is 0 Å². The summed E-state index contributed by atoms with van der Waals surface area (Å²) in [4.78, 5) is 15.6. The van der Waals surface area contributed by atoms with Gasteiger partial charge < -0.3 is 10.5 Å². The van der Waals surface area contributed by atoms with Crippen molar-refractivity contribution in [3.8, 4) is 0 Å². The molecule has 74 valence electrons. The summed E-state index contributed by atoms with van der Waals surface area (Å²) in [6.07, 6.45) is 1.43. The molecule has 0 saturated carbocycles. The number of fused-ring (bicyclic) bond motifs is 1. The maximum atomic E-state index is 11.5. The summed E-state index contributed by atoms with van der Waals surface area (Å²) in [5, 5.41) is 0. The zero-order chi connectivity index (χ0) is 10.1. The van der Waals surface area contributed by atoms with Crippen LogP contribution >= 0.6 is 0 Å². The number of ether oxygens (including phenoxy) is 1. The second-order valence-electron chi connectivity index (χ2n) is 3.27. The van der Waals surface area contributed by atoms with Crippen molar-refractivity contribution in [2.24, 2.45) is 0 Å². The van der Waals surface area contributed by atoms with Crippen molar-refractivity contribution in [2.75, 3.05) is 12.3 Å². The third-order valence-electron chi connectivity index (χ3n) is 2.34. The molecule has 0 radical (unpaired) electrons. The Kier molecular flexibility index (Phi) is 2.11. The van der Waals surface area contributed by atoms with Crippen molar-refractivity contribution in [1.29, 1.82) is 0 Å². The molecule has 4 nitrogen and oxygen atoms in total. The third kappa shape index (κ3) is 1.32. The Morgan fingerprint density at radius 1 is 1.64 bits per heavy atom. The average molecular weight is 192 g/mol. The van der Waals surface area contributed by atoms with Gasteiger partial charge >= 0.3 is 5.97 Å². The molecule has 0 fully saturated rings. The molecule has 2 rings (SSSR count). The highest BCUT2D eigenvalue weighted by atomic mass is 16.5. The minimum Gasteiger partial charge on any atom is -0.462 e. The van der Waals surface area contributed by atoms with Gasteiger partial charge in [0.2, 0.25) is 0 Å². The number of cyclic esters (lactones) is 1. The van der Waals surface area contributed by atoms with E-state index in [-0.39, 0.29) is 5.97 Å². The summed E-state index contributed by atoms with van der Waals surface area (Å²) < 4.78 is 4.97. The third-order valence-corrected chi connectivity index (χ3v) is 2.34. The van der Waals surface area contributed by atoms with E-state index in [1.165, 1.54) is 0 Å². The minimum atomic E-state index is -0.268. The van der Waals surface area contributed by atoms with E-state index < -0.39 is 0 Å². The molecule has 0 amide bonds. The summed E-state index contributed by atoms with van der Waals surface area (Å²) in [5.74, 6) is 0.214. The van der Waals surface area contributed by atoms with Crippen LogP contribution in [-0.4, -0.2) is 17.6 Å². The van der Waals surface area contributed by atoms with E-state index in [1.807, 2.05) is 6.92 Å². The molecular weight excluding hydrogens is 180 g/mol. The van der Waals surface area contributed by atoms with Crippen LogP contribution in [0.3, 0.4) is 0 Å². The van der Waals surface area contributed by atoms with E-state index >= 15 is 0 Å². The highest BCUT2D eigenvalue weighted by Crippen LogP contribution is 2.21. The van der Waals surface area contributed by atoms with Gasteiger partial charge in [0.15, 0.2) is 0 Å². The zero-order valence-electron chi connectivity index (χ0n) is 8.04. The Bertz CT molecular complexity index is 371. The van der Waals surface area contributed by atoms with Crippen molar-refractivity contribution in [3.63, 3.8) is 0 Å². The van der Waals surface area contributed by atoms with Crippen LogP contribution in [0, 0.1) is 0 Å². The summed E-state index contributed by atoms with van der Waals surface area (Å²) in [6, 6.07) is 1.76. The molecule has 2 N–H and O–H groups in total. The van der Waals surface area contributed by atoms with Gasteiger partial charge in [0.1, 0.15) is 5.82 Å². The van der Waals surface area contributed by atoms with Gasteiger partial charge in [-0.1, -0.05) is 6.92 Å². The molecule has 4 heteroatoms. The van der Waals surface area contributed by atoms with Crippen molar-refractivity contribution in [3.05, 3.63) is 22.9 Å². The number of hydrogen-bond acceptors (Lipinski definition) is 4. The number of nitrogen functional groups attached to an aromatic ring is 1. The second-order valence-corrected chi connectivity index (χ2v) is 3.27. The number of aromatic nitrogens is 1. The molecule has 1 aromatic rings. The number of hydrogen-bond donors (Lipinski definition) is 1. The first kappa shape index (κ1) is 8.99. The van der Waals surface area contributed by atoms with Crippen LogP contribution in [0.15, 0.2) is 6.07 Å². The Hall–Kier alpha value is -1.58. The molecule has 0 unspecified atom stereocenters. The largest absolute Gasteiger partial charge is 0.462 e. The van der Waals surface area contributed by atoms with Gasteiger partial charge in [-0.15, -0.1) is 0 Å². The number of aryl methyl sites for hydroxylation is 1. The van der Waals surface area contributed by atoms with E-state index in [0.717, 1.165) is 17.7 Å². The number of esters is 1. The summed E-state index contributed by atoms with van der Waals surface area (Å²) >= 11 is 0. The fourth-order valence-electron chi connectivity index (χ4n) is 1.71. The van der Waals surface area contributed by atoms with Gasteiger partial charge in [-0.05, 0) is 18.1 Å². The van der Waals surface area contributed by atoms with Crippen molar-refractivity contribution < 1.29 is 9.53 Å². The number of pyridine rings is 1. The van der Waals surface area contributed by atoms with Crippen LogP contribution < -0.4 is 5.73 Å². The van der Waals surface area contributed by atoms with Crippen molar-refractivity contribution in [1.82, 2.24) is 4.98 Å². The molecule has 1 aromatic heterocycles. The molecule has 2 heterocycles. The zero-order valence-corrected chi connectivity index (χ0v) is 8.04. The molecule has 0 spiro atoms. The van der Waals surface area contributed by atoms with Crippen LogP contribution in [0.5, 0.6) is 0 Å². The maximum Gasteiger partial charge on any atom is 0.340 e.